The summed E-state index contributed by atoms with van der Waals surface area (Å²) in [5, 5.41) is 3.10. The molecular weight excluding hydrogens is 357 g/mol. The van der Waals surface area contributed by atoms with Crippen molar-refractivity contribution in [3.63, 3.8) is 0 Å². The fraction of sp³-hybridized carbons (Fsp3) is 0.304. The third kappa shape index (κ3) is 3.44. The van der Waals surface area contributed by atoms with Crippen LogP contribution in [0.5, 0.6) is 0 Å². The van der Waals surface area contributed by atoms with Crippen molar-refractivity contribution in [3.05, 3.63) is 83.2 Å². The van der Waals surface area contributed by atoms with Crippen LogP contribution in [0, 0.1) is 11.2 Å². The van der Waals surface area contributed by atoms with Gasteiger partial charge in [-0.3, -0.25) is 4.79 Å². The molecule has 0 aliphatic heterocycles. The first-order valence-electron chi connectivity index (χ1n) is 9.42. The first kappa shape index (κ1) is 18.4. The van der Waals surface area contributed by atoms with E-state index in [9.17, 15) is 14.0 Å². The molecule has 1 amide bonds. The predicted octanol–water partition coefficient (Wildman–Crippen LogP) is 4.17. The third-order valence-electron chi connectivity index (χ3n) is 5.83. The molecule has 0 bridgehead atoms. The van der Waals surface area contributed by atoms with Crippen molar-refractivity contribution < 1.29 is 18.7 Å². The molecular formula is C23H22FNO3. The molecule has 2 aliphatic rings. The quantitative estimate of drug-likeness (QED) is 0.767. The Hall–Kier alpha value is -2.95. The number of hydrogen-bond acceptors (Lipinski definition) is 3. The van der Waals surface area contributed by atoms with Crippen LogP contribution in [-0.4, -0.2) is 17.4 Å². The Morgan fingerprint density at radius 2 is 1.71 bits per heavy atom. The van der Waals surface area contributed by atoms with Crippen molar-refractivity contribution in [2.75, 3.05) is 0 Å². The lowest BCUT2D eigenvalue weighted by Crippen LogP contribution is -2.51. The molecule has 0 heterocycles. The van der Waals surface area contributed by atoms with E-state index in [1.165, 1.54) is 24.3 Å². The summed E-state index contributed by atoms with van der Waals surface area (Å²) in [6.07, 6.45) is 4.22. The van der Waals surface area contributed by atoms with Crippen molar-refractivity contribution in [2.24, 2.45) is 5.41 Å². The lowest BCUT2D eigenvalue weighted by molar-refractivity contribution is -0.141. The van der Waals surface area contributed by atoms with Gasteiger partial charge in [0.15, 0.2) is 0 Å². The molecule has 0 saturated heterocycles. The highest BCUT2D eigenvalue weighted by molar-refractivity contribution is 5.95. The highest BCUT2D eigenvalue weighted by Crippen LogP contribution is 2.58. The number of esters is 1. The van der Waals surface area contributed by atoms with Gasteiger partial charge >= 0.3 is 5.97 Å². The van der Waals surface area contributed by atoms with E-state index in [1.54, 1.807) is 0 Å². The molecule has 0 aromatic heterocycles. The Labute approximate surface area is 163 Å². The lowest BCUT2D eigenvalue weighted by atomic mass is 9.65. The van der Waals surface area contributed by atoms with Crippen LogP contribution in [0.4, 0.5) is 4.39 Å². The van der Waals surface area contributed by atoms with Crippen LogP contribution >= 0.6 is 0 Å². The maximum atomic E-state index is 13.1. The van der Waals surface area contributed by atoms with E-state index >= 15 is 0 Å². The number of rotatable bonds is 6. The highest BCUT2D eigenvalue weighted by atomic mass is 19.1. The molecule has 4 rings (SSSR count). The average molecular weight is 379 g/mol. The van der Waals surface area contributed by atoms with E-state index in [2.05, 4.69) is 12.2 Å². The minimum Gasteiger partial charge on any atom is -0.457 e. The molecule has 2 aromatic carbocycles. The summed E-state index contributed by atoms with van der Waals surface area (Å²) >= 11 is 0. The first-order chi connectivity index (χ1) is 13.4. The second-order valence-electron chi connectivity index (χ2n) is 7.87. The van der Waals surface area contributed by atoms with Crippen LogP contribution in [0.15, 0.2) is 66.2 Å². The summed E-state index contributed by atoms with van der Waals surface area (Å²) in [5.74, 6) is -0.889. The second kappa shape index (κ2) is 6.89. The molecule has 2 aliphatic carbocycles. The molecule has 1 atom stereocenters. The number of halogens is 1. The maximum Gasteiger partial charge on any atom is 0.334 e. The van der Waals surface area contributed by atoms with E-state index in [4.69, 9.17) is 4.74 Å². The van der Waals surface area contributed by atoms with E-state index < -0.39 is 0 Å². The van der Waals surface area contributed by atoms with E-state index in [1.807, 2.05) is 36.4 Å². The topological polar surface area (TPSA) is 55.4 Å². The van der Waals surface area contributed by atoms with Gasteiger partial charge in [0.2, 0.25) is 0 Å². The van der Waals surface area contributed by atoms with Gasteiger partial charge in [-0.25, -0.2) is 9.18 Å². The fourth-order valence-electron chi connectivity index (χ4n) is 3.86. The Bertz CT molecular complexity index is 932. The molecule has 5 heteroatoms. The monoisotopic (exact) mass is 379 g/mol. The highest BCUT2D eigenvalue weighted by Gasteiger charge is 2.60. The summed E-state index contributed by atoms with van der Waals surface area (Å²) in [6.45, 7) is 2.30. The van der Waals surface area contributed by atoms with Crippen LogP contribution in [0.2, 0.25) is 0 Å². The Morgan fingerprint density at radius 3 is 2.32 bits per heavy atom. The Kier molecular flexibility index (Phi) is 4.53. The van der Waals surface area contributed by atoms with Gasteiger partial charge in [-0.1, -0.05) is 43.3 Å². The summed E-state index contributed by atoms with van der Waals surface area (Å²) in [6, 6.07) is 15.1. The summed E-state index contributed by atoms with van der Waals surface area (Å²) in [7, 11) is 0. The number of ether oxygens (including phenoxy) is 1. The molecule has 1 unspecified atom stereocenters. The molecule has 1 fully saturated rings. The maximum absolute atomic E-state index is 13.1. The average Bonchev–Trinajstić information content (AvgIpc) is 3.46. The molecule has 1 saturated carbocycles. The zero-order chi connectivity index (χ0) is 19.8. The summed E-state index contributed by atoms with van der Waals surface area (Å²) in [5.41, 5.74) is 1.41. The standard InChI is InChI=1S/C23H22FNO3/c1-22(13-18(14-22)21(27)28-15-16-5-3-2-4-6-16)23(11-12-23)25-20(26)17-7-9-19(24)10-8-17/h2-10,13H,11-12,14-15H2,1H3,(H,25,26). The van der Waals surface area contributed by atoms with Crippen molar-refractivity contribution in [1.29, 1.82) is 0 Å². The van der Waals surface area contributed by atoms with Gasteiger partial charge in [-0.2, -0.15) is 0 Å². The minimum absolute atomic E-state index is 0.216. The first-order valence-corrected chi connectivity index (χ1v) is 9.42. The van der Waals surface area contributed by atoms with Crippen LogP contribution < -0.4 is 5.32 Å². The number of benzene rings is 2. The third-order valence-corrected chi connectivity index (χ3v) is 5.83. The second-order valence-corrected chi connectivity index (χ2v) is 7.87. The summed E-state index contributed by atoms with van der Waals surface area (Å²) in [4.78, 5) is 24.8. The van der Waals surface area contributed by atoms with Crippen molar-refractivity contribution in [1.82, 2.24) is 5.32 Å². The van der Waals surface area contributed by atoms with Crippen LogP contribution in [0.1, 0.15) is 42.1 Å². The van der Waals surface area contributed by atoms with Crippen LogP contribution in [0.25, 0.3) is 0 Å². The van der Waals surface area contributed by atoms with Crippen molar-refractivity contribution in [2.45, 2.75) is 38.3 Å². The van der Waals surface area contributed by atoms with Crippen LogP contribution in [-0.2, 0) is 16.1 Å². The molecule has 4 nitrogen and oxygen atoms in total. The number of nitrogens with one attached hydrogen (secondary N) is 1. The Morgan fingerprint density at radius 1 is 1.07 bits per heavy atom. The van der Waals surface area contributed by atoms with E-state index in [-0.39, 0.29) is 35.3 Å². The Balaban J connectivity index is 1.38. The van der Waals surface area contributed by atoms with Crippen LogP contribution in [0.3, 0.4) is 0 Å². The zero-order valence-corrected chi connectivity index (χ0v) is 15.7. The van der Waals surface area contributed by atoms with Gasteiger partial charge in [0.1, 0.15) is 12.4 Å². The van der Waals surface area contributed by atoms with Gasteiger partial charge in [0.05, 0.1) is 0 Å². The molecule has 28 heavy (non-hydrogen) atoms. The molecule has 0 radical (unpaired) electrons. The van der Waals surface area contributed by atoms with E-state index in [0.717, 1.165) is 18.4 Å². The largest absolute Gasteiger partial charge is 0.457 e. The minimum atomic E-state index is -0.370. The number of carbonyl (C=O) groups is 2. The van der Waals surface area contributed by atoms with Crippen molar-refractivity contribution in [3.8, 4) is 0 Å². The predicted molar refractivity (Wildman–Crippen MR) is 103 cm³/mol. The smallest absolute Gasteiger partial charge is 0.334 e. The van der Waals surface area contributed by atoms with Gasteiger partial charge in [-0.05, 0) is 49.1 Å². The zero-order valence-electron chi connectivity index (χ0n) is 15.7. The summed E-state index contributed by atoms with van der Waals surface area (Å²) < 4.78 is 18.4. The number of amides is 1. The van der Waals surface area contributed by atoms with Crippen molar-refractivity contribution >= 4 is 11.9 Å². The van der Waals surface area contributed by atoms with E-state index in [0.29, 0.717) is 17.6 Å². The van der Waals surface area contributed by atoms with Gasteiger partial charge < -0.3 is 10.1 Å². The molecule has 0 spiro atoms. The normalized spacial score (nSPS) is 21.9. The fourth-order valence-corrected chi connectivity index (χ4v) is 3.86. The molecule has 1 N–H and O–H groups in total. The molecule has 2 aromatic rings. The van der Waals surface area contributed by atoms with Gasteiger partial charge in [0.25, 0.3) is 5.91 Å². The molecule has 144 valence electrons. The van der Waals surface area contributed by atoms with Gasteiger partial charge in [0, 0.05) is 22.1 Å². The van der Waals surface area contributed by atoms with Gasteiger partial charge in [-0.15, -0.1) is 0 Å². The number of carbonyl (C=O) groups excluding carboxylic acids is 2. The lowest BCUT2D eigenvalue weighted by Gasteiger charge is -2.43. The number of hydrogen-bond donors (Lipinski definition) is 1. The SMILES string of the molecule is CC1(C2(NC(=O)c3ccc(F)cc3)CC2)C=C(C(=O)OCc2ccccc2)C1.